The number of benzene rings is 2. The predicted molar refractivity (Wildman–Crippen MR) is 133 cm³/mol. The molecule has 0 saturated carbocycles. The zero-order chi connectivity index (χ0) is 23.8. The molecule has 6 nitrogen and oxygen atoms in total. The molecule has 0 aliphatic carbocycles. The van der Waals surface area contributed by atoms with Gasteiger partial charge in [-0.15, -0.1) is 0 Å². The van der Waals surface area contributed by atoms with E-state index in [-0.39, 0.29) is 23.8 Å². The van der Waals surface area contributed by atoms with Gasteiger partial charge in [0.1, 0.15) is 11.5 Å². The summed E-state index contributed by atoms with van der Waals surface area (Å²) in [4.78, 5) is 27.9. The number of hydrogen-bond donors (Lipinski definition) is 1. The first-order chi connectivity index (χ1) is 16.5. The second-order valence-electron chi connectivity index (χ2n) is 9.35. The van der Waals surface area contributed by atoms with Crippen LogP contribution in [-0.2, 0) is 4.79 Å². The van der Waals surface area contributed by atoms with E-state index in [0.29, 0.717) is 41.8 Å². The highest BCUT2D eigenvalue weighted by Crippen LogP contribution is 2.35. The van der Waals surface area contributed by atoms with Crippen LogP contribution >= 0.6 is 11.6 Å². The number of carbonyl (C=O) groups excluding carboxylic acids is 2. The molecule has 1 unspecified atom stereocenters. The fourth-order valence-corrected chi connectivity index (χ4v) is 5.03. The minimum atomic E-state index is -0.131. The van der Waals surface area contributed by atoms with Crippen molar-refractivity contribution in [2.45, 2.75) is 44.9 Å². The molecule has 2 amide bonds. The molecule has 1 spiro atoms. The zero-order valence-corrected chi connectivity index (χ0v) is 20.3. The maximum Gasteiger partial charge on any atom is 0.260 e. The summed E-state index contributed by atoms with van der Waals surface area (Å²) >= 11 is 5.92. The lowest BCUT2D eigenvalue weighted by Crippen LogP contribution is -2.52. The predicted octanol–water partition coefficient (Wildman–Crippen LogP) is 5.10. The number of halogens is 1. The van der Waals surface area contributed by atoms with Crippen molar-refractivity contribution in [2.75, 3.05) is 32.8 Å². The number of nitrogens with one attached hydrogen (secondary N) is 1. The first-order valence-corrected chi connectivity index (χ1v) is 12.6. The molecular formula is C27H33ClN2O4. The number of piperidine rings is 1. The molecule has 182 valence electrons. The van der Waals surface area contributed by atoms with Gasteiger partial charge < -0.3 is 19.7 Å². The van der Waals surface area contributed by atoms with E-state index in [1.807, 2.05) is 29.2 Å². The average molecular weight is 485 g/mol. The van der Waals surface area contributed by atoms with Gasteiger partial charge in [-0.25, -0.2) is 0 Å². The van der Waals surface area contributed by atoms with Crippen LogP contribution in [0.5, 0.6) is 11.5 Å². The lowest BCUT2D eigenvalue weighted by Gasteiger charge is -2.43. The van der Waals surface area contributed by atoms with Crippen molar-refractivity contribution < 1.29 is 19.1 Å². The highest BCUT2D eigenvalue weighted by molar-refractivity contribution is 6.30. The molecule has 1 atom stereocenters. The van der Waals surface area contributed by atoms with Gasteiger partial charge in [0.25, 0.3) is 11.8 Å². The monoisotopic (exact) mass is 484 g/mol. The summed E-state index contributed by atoms with van der Waals surface area (Å²) in [6.45, 7) is 2.51. The molecule has 1 fully saturated rings. The fraction of sp³-hybridized carbons (Fsp3) is 0.481. The minimum absolute atomic E-state index is 0.00517. The smallest absolute Gasteiger partial charge is 0.260 e. The van der Waals surface area contributed by atoms with Crippen molar-refractivity contribution in [3.05, 3.63) is 59.1 Å². The highest BCUT2D eigenvalue weighted by Gasteiger charge is 2.37. The van der Waals surface area contributed by atoms with E-state index in [0.717, 1.165) is 51.5 Å². The third kappa shape index (κ3) is 6.44. The highest BCUT2D eigenvalue weighted by atomic mass is 35.5. The Balaban J connectivity index is 1.43. The maximum absolute atomic E-state index is 13.0. The molecule has 34 heavy (non-hydrogen) atoms. The molecule has 0 radical (unpaired) electrons. The molecule has 1 saturated heterocycles. The first kappa shape index (κ1) is 24.4. The molecule has 0 bridgehead atoms. The largest absolute Gasteiger partial charge is 0.493 e. The van der Waals surface area contributed by atoms with Gasteiger partial charge in [0.05, 0.1) is 12.2 Å². The van der Waals surface area contributed by atoms with Crippen LogP contribution in [0.4, 0.5) is 0 Å². The first-order valence-electron chi connectivity index (χ1n) is 12.2. The number of para-hydroxylation sites is 1. The Labute approximate surface area is 206 Å². The summed E-state index contributed by atoms with van der Waals surface area (Å²) in [5.41, 5.74) is 0.435. The van der Waals surface area contributed by atoms with E-state index >= 15 is 0 Å². The number of rotatable bonds is 3. The van der Waals surface area contributed by atoms with Crippen molar-refractivity contribution in [2.24, 2.45) is 5.41 Å². The Hall–Kier alpha value is -2.73. The third-order valence-electron chi connectivity index (χ3n) is 6.80. The Morgan fingerprint density at radius 1 is 1.03 bits per heavy atom. The molecule has 7 heteroatoms. The van der Waals surface area contributed by atoms with Crippen LogP contribution in [0, 0.1) is 5.41 Å². The van der Waals surface area contributed by atoms with Crippen LogP contribution in [-0.4, -0.2) is 49.6 Å². The normalized spacial score (nSPS) is 21.8. The van der Waals surface area contributed by atoms with Gasteiger partial charge in [0.15, 0.2) is 6.61 Å². The van der Waals surface area contributed by atoms with Gasteiger partial charge in [-0.05, 0) is 62.1 Å². The minimum Gasteiger partial charge on any atom is -0.493 e. The molecule has 0 aromatic heterocycles. The fourth-order valence-electron chi connectivity index (χ4n) is 4.91. The maximum atomic E-state index is 13.0. The Morgan fingerprint density at radius 2 is 1.79 bits per heavy atom. The topological polar surface area (TPSA) is 67.9 Å². The Bertz CT molecular complexity index is 981. The van der Waals surface area contributed by atoms with E-state index in [4.69, 9.17) is 21.1 Å². The number of amides is 2. The van der Waals surface area contributed by atoms with Crippen LogP contribution in [0.1, 0.15) is 55.3 Å². The summed E-state index contributed by atoms with van der Waals surface area (Å²) in [5.74, 6) is 1.11. The van der Waals surface area contributed by atoms with Crippen molar-refractivity contribution in [1.29, 1.82) is 0 Å². The van der Waals surface area contributed by atoms with Crippen LogP contribution in [0.2, 0.25) is 5.02 Å². The summed E-state index contributed by atoms with van der Waals surface area (Å²) < 4.78 is 11.6. The van der Waals surface area contributed by atoms with Gasteiger partial charge >= 0.3 is 0 Å². The number of nitrogens with zero attached hydrogens (tertiary/aromatic N) is 1. The van der Waals surface area contributed by atoms with Crippen LogP contribution < -0.4 is 14.8 Å². The second-order valence-corrected chi connectivity index (χ2v) is 9.79. The summed E-state index contributed by atoms with van der Waals surface area (Å²) in [6.07, 6.45) is 7.15. The second kappa shape index (κ2) is 11.6. The zero-order valence-electron chi connectivity index (χ0n) is 19.6. The lowest BCUT2D eigenvalue weighted by molar-refractivity contribution is -0.137. The third-order valence-corrected chi connectivity index (χ3v) is 7.06. The number of hydrogen-bond acceptors (Lipinski definition) is 4. The van der Waals surface area contributed by atoms with Crippen molar-refractivity contribution >= 4 is 23.4 Å². The molecular weight excluding hydrogens is 452 g/mol. The van der Waals surface area contributed by atoms with Gasteiger partial charge in [0, 0.05) is 30.1 Å². The molecule has 2 aromatic carbocycles. The Morgan fingerprint density at radius 3 is 2.65 bits per heavy atom. The number of carbonyl (C=O) groups is 2. The van der Waals surface area contributed by atoms with E-state index in [9.17, 15) is 9.59 Å². The lowest BCUT2D eigenvalue weighted by atomic mass is 9.75. The van der Waals surface area contributed by atoms with Crippen molar-refractivity contribution in [3.8, 4) is 11.5 Å². The quantitative estimate of drug-likeness (QED) is 0.658. The molecule has 2 aromatic rings. The van der Waals surface area contributed by atoms with Gasteiger partial charge in [0.2, 0.25) is 0 Å². The van der Waals surface area contributed by atoms with Gasteiger partial charge in [-0.2, -0.15) is 0 Å². The van der Waals surface area contributed by atoms with Crippen LogP contribution in [0.15, 0.2) is 48.5 Å². The molecule has 2 aliphatic rings. The van der Waals surface area contributed by atoms with Crippen LogP contribution in [0.25, 0.3) is 0 Å². The standard InChI is InChI=1S/C27H33ClN2O4/c28-21-10-12-22(13-11-21)34-18-25(31)30-16-7-15-27(20-30)14-5-1-2-6-17-33-24-9-4-3-8-23(24)26(32)29-19-27/h3-4,8-13H,1-2,5-7,14-20H2,(H,29,32). The van der Waals surface area contributed by atoms with Gasteiger partial charge in [-0.1, -0.05) is 43.0 Å². The van der Waals surface area contributed by atoms with Crippen LogP contribution in [0.3, 0.4) is 0 Å². The number of fused-ring (bicyclic) bond motifs is 1. The summed E-state index contributed by atoms with van der Waals surface area (Å²) in [7, 11) is 0. The van der Waals surface area contributed by atoms with Crippen molar-refractivity contribution in [3.63, 3.8) is 0 Å². The van der Waals surface area contributed by atoms with E-state index in [1.165, 1.54) is 0 Å². The Kier molecular flexibility index (Phi) is 8.33. The molecule has 4 rings (SSSR count). The summed E-state index contributed by atoms with van der Waals surface area (Å²) in [6, 6.07) is 14.4. The molecule has 1 N–H and O–H groups in total. The molecule has 2 aliphatic heterocycles. The summed E-state index contributed by atoms with van der Waals surface area (Å²) in [5, 5.41) is 3.79. The number of ether oxygens (including phenoxy) is 2. The number of likely N-dealkylation sites (tertiary alicyclic amines) is 1. The van der Waals surface area contributed by atoms with Gasteiger partial charge in [-0.3, -0.25) is 9.59 Å². The average Bonchev–Trinajstić information content (AvgIpc) is 2.87. The van der Waals surface area contributed by atoms with E-state index < -0.39 is 0 Å². The van der Waals surface area contributed by atoms with E-state index in [2.05, 4.69) is 5.32 Å². The van der Waals surface area contributed by atoms with E-state index in [1.54, 1.807) is 24.3 Å². The SMILES string of the molecule is O=C1NCC2(CCCCCCOc3ccccc31)CCCN(C(=O)COc1ccc(Cl)cc1)C2. The molecule has 2 heterocycles. The van der Waals surface area contributed by atoms with Crippen molar-refractivity contribution in [1.82, 2.24) is 10.2 Å².